The van der Waals surface area contributed by atoms with Gasteiger partial charge in [0.1, 0.15) is 17.0 Å². The molecule has 2 N–H and O–H groups in total. The van der Waals surface area contributed by atoms with E-state index in [1.807, 2.05) is 73.7 Å². The Morgan fingerprint density at radius 3 is 2.42 bits per heavy atom. The molecular formula is C26H23ClN4O2. The fraction of sp³-hybridized carbons (Fsp3) is 0.115. The smallest absolute Gasteiger partial charge is 0.257 e. The number of aryl methyl sites for hydroxylation is 2. The second-order valence-corrected chi connectivity index (χ2v) is 7.88. The fourth-order valence-electron chi connectivity index (χ4n) is 3.39. The number of anilines is 1. The lowest BCUT2D eigenvalue weighted by molar-refractivity contribution is 0.0958. The number of hydrogen-bond donors (Lipinski definition) is 2. The molecule has 0 spiro atoms. The van der Waals surface area contributed by atoms with Crippen LogP contribution in [-0.2, 0) is 0 Å². The summed E-state index contributed by atoms with van der Waals surface area (Å²) < 4.78 is 5.32. The number of rotatable bonds is 7. The van der Waals surface area contributed by atoms with Crippen LogP contribution in [0.5, 0.6) is 0 Å². The molecule has 0 radical (unpaired) electrons. The van der Waals surface area contributed by atoms with Crippen LogP contribution in [0, 0.1) is 13.8 Å². The van der Waals surface area contributed by atoms with Crippen molar-refractivity contribution in [3.63, 3.8) is 0 Å². The molecule has 4 rings (SSSR count). The molecule has 0 aliphatic rings. The Hall–Kier alpha value is -3.90. The number of halogens is 1. The number of carbonyl (C=O) groups excluding carboxylic acids is 1. The van der Waals surface area contributed by atoms with Crippen molar-refractivity contribution in [1.82, 2.24) is 10.5 Å². The van der Waals surface area contributed by atoms with Crippen molar-refractivity contribution >= 4 is 28.9 Å². The number of benzene rings is 3. The minimum Gasteiger partial charge on any atom is -0.360 e. The van der Waals surface area contributed by atoms with Gasteiger partial charge in [0.2, 0.25) is 0 Å². The van der Waals surface area contributed by atoms with E-state index in [2.05, 4.69) is 21.0 Å². The highest BCUT2D eigenvalue weighted by atomic mass is 35.5. The summed E-state index contributed by atoms with van der Waals surface area (Å²) in [5.41, 5.74) is 8.06. The molecule has 7 heteroatoms. The molecule has 0 aliphatic carbocycles. The van der Waals surface area contributed by atoms with Gasteiger partial charge in [0.05, 0.1) is 23.0 Å². The van der Waals surface area contributed by atoms with Gasteiger partial charge in [0.15, 0.2) is 0 Å². The highest BCUT2D eigenvalue weighted by Gasteiger charge is 2.23. The van der Waals surface area contributed by atoms with E-state index >= 15 is 0 Å². The first-order valence-corrected chi connectivity index (χ1v) is 10.9. The van der Waals surface area contributed by atoms with Gasteiger partial charge in [-0.3, -0.25) is 10.2 Å². The van der Waals surface area contributed by atoms with Crippen molar-refractivity contribution in [1.29, 1.82) is 0 Å². The highest BCUT2D eigenvalue weighted by molar-refractivity contribution is 6.33. The van der Waals surface area contributed by atoms with Gasteiger partial charge in [-0.15, -0.1) is 0 Å². The van der Waals surface area contributed by atoms with E-state index in [1.54, 1.807) is 19.1 Å². The number of nitrogens with one attached hydrogen (secondary N) is 2. The first-order chi connectivity index (χ1) is 16.0. The molecule has 0 fully saturated rings. The predicted octanol–water partition coefficient (Wildman–Crippen LogP) is 5.86. The third-order valence-corrected chi connectivity index (χ3v) is 5.53. The number of hydrogen-bond acceptors (Lipinski definition) is 5. The molecular weight excluding hydrogens is 436 g/mol. The van der Waals surface area contributed by atoms with Crippen LogP contribution < -0.4 is 10.7 Å². The summed E-state index contributed by atoms with van der Waals surface area (Å²) in [6.45, 7) is 3.91. The van der Waals surface area contributed by atoms with E-state index in [-0.39, 0.29) is 12.5 Å². The van der Waals surface area contributed by atoms with Crippen LogP contribution in [0.2, 0.25) is 5.02 Å². The zero-order valence-corrected chi connectivity index (χ0v) is 19.1. The van der Waals surface area contributed by atoms with Crippen molar-refractivity contribution in [3.8, 4) is 11.3 Å². The quantitative estimate of drug-likeness (QED) is 0.268. The molecule has 0 saturated heterocycles. The lowest BCUT2D eigenvalue weighted by atomic mass is 10.1. The van der Waals surface area contributed by atoms with Crippen LogP contribution in [-0.4, -0.2) is 23.3 Å². The lowest BCUT2D eigenvalue weighted by Gasteiger charge is -2.11. The minimum atomic E-state index is -0.316. The van der Waals surface area contributed by atoms with Gasteiger partial charge in [0.25, 0.3) is 5.91 Å². The summed E-state index contributed by atoms with van der Waals surface area (Å²) >= 11 is 6.32. The number of nitrogens with zero attached hydrogens (tertiary/aromatic N) is 2. The predicted molar refractivity (Wildman–Crippen MR) is 132 cm³/mol. The maximum absolute atomic E-state index is 13.2. The largest absolute Gasteiger partial charge is 0.360 e. The van der Waals surface area contributed by atoms with Gasteiger partial charge in [-0.25, -0.2) is 0 Å². The molecule has 4 aromatic rings. The third-order valence-electron chi connectivity index (χ3n) is 5.20. The van der Waals surface area contributed by atoms with E-state index in [0.717, 1.165) is 16.8 Å². The Balaban J connectivity index is 1.58. The molecule has 166 valence electrons. The number of hydrazone groups is 1. The van der Waals surface area contributed by atoms with Gasteiger partial charge >= 0.3 is 0 Å². The first-order valence-electron chi connectivity index (χ1n) is 10.5. The van der Waals surface area contributed by atoms with E-state index in [4.69, 9.17) is 16.1 Å². The van der Waals surface area contributed by atoms with Crippen molar-refractivity contribution < 1.29 is 9.32 Å². The number of para-hydroxylation sites is 1. The summed E-state index contributed by atoms with van der Waals surface area (Å²) in [5, 5.41) is 12.1. The summed E-state index contributed by atoms with van der Waals surface area (Å²) in [5.74, 6) is 0.0989. The van der Waals surface area contributed by atoms with Crippen LogP contribution in [0.25, 0.3) is 11.3 Å². The molecule has 0 unspecified atom stereocenters. The zero-order valence-electron chi connectivity index (χ0n) is 18.3. The Kier molecular flexibility index (Phi) is 6.86. The molecule has 1 aromatic heterocycles. The number of aromatic nitrogens is 1. The topological polar surface area (TPSA) is 79.5 Å². The molecule has 3 aromatic carbocycles. The molecule has 33 heavy (non-hydrogen) atoms. The number of amides is 1. The van der Waals surface area contributed by atoms with Crippen LogP contribution >= 0.6 is 11.6 Å². The van der Waals surface area contributed by atoms with Gasteiger partial charge in [-0.1, -0.05) is 83.5 Å². The molecule has 1 amide bonds. The Morgan fingerprint density at radius 1 is 0.970 bits per heavy atom. The summed E-state index contributed by atoms with van der Waals surface area (Å²) in [4.78, 5) is 13.2. The normalized spacial score (nSPS) is 11.3. The zero-order chi connectivity index (χ0) is 23.2. The van der Waals surface area contributed by atoms with Gasteiger partial charge in [-0.2, -0.15) is 5.10 Å². The minimum absolute atomic E-state index is 0.203. The average Bonchev–Trinajstić information content (AvgIpc) is 3.22. The number of carbonyl (C=O) groups is 1. The average molecular weight is 459 g/mol. The Labute approximate surface area is 197 Å². The van der Waals surface area contributed by atoms with Crippen LogP contribution in [0.15, 0.2) is 88.5 Å². The second-order valence-electron chi connectivity index (χ2n) is 7.48. The standard InChI is InChI=1S/C26H23ClN4O2/c1-17-10-6-9-15-22(17)29-30-23(19-11-4-3-5-12-19)16-28-26(32)24-18(2)33-31-25(24)20-13-7-8-14-21(20)27/h3-15,29H,16H2,1-2H3,(H,28,32)/b30-23-. The molecule has 0 bridgehead atoms. The third kappa shape index (κ3) is 5.13. The maximum Gasteiger partial charge on any atom is 0.257 e. The van der Waals surface area contributed by atoms with E-state index < -0.39 is 0 Å². The SMILES string of the molecule is Cc1ccccc1N/N=C(/CNC(=O)c1c(-c2ccccc2Cl)noc1C)c1ccccc1. The maximum atomic E-state index is 13.2. The van der Waals surface area contributed by atoms with Gasteiger partial charge in [0, 0.05) is 5.56 Å². The highest BCUT2D eigenvalue weighted by Crippen LogP contribution is 2.30. The van der Waals surface area contributed by atoms with Crippen LogP contribution in [0.3, 0.4) is 0 Å². The van der Waals surface area contributed by atoms with E-state index in [9.17, 15) is 4.79 Å². The fourth-order valence-corrected chi connectivity index (χ4v) is 3.62. The summed E-state index contributed by atoms with van der Waals surface area (Å²) in [6.07, 6.45) is 0. The molecule has 6 nitrogen and oxygen atoms in total. The van der Waals surface area contributed by atoms with Gasteiger partial charge in [-0.05, 0) is 37.1 Å². The van der Waals surface area contributed by atoms with Crippen molar-refractivity contribution in [2.75, 3.05) is 12.0 Å². The molecule has 0 aliphatic heterocycles. The molecule has 1 heterocycles. The second kappa shape index (κ2) is 10.1. The summed E-state index contributed by atoms with van der Waals surface area (Å²) in [7, 11) is 0. The van der Waals surface area contributed by atoms with Crippen LogP contribution in [0.4, 0.5) is 5.69 Å². The van der Waals surface area contributed by atoms with Crippen molar-refractivity contribution in [3.05, 3.63) is 106 Å². The van der Waals surface area contributed by atoms with Crippen molar-refractivity contribution in [2.45, 2.75) is 13.8 Å². The Morgan fingerprint density at radius 2 is 1.67 bits per heavy atom. The lowest BCUT2D eigenvalue weighted by Crippen LogP contribution is -2.31. The van der Waals surface area contributed by atoms with E-state index in [1.165, 1.54) is 0 Å². The monoisotopic (exact) mass is 458 g/mol. The molecule has 0 saturated carbocycles. The van der Waals surface area contributed by atoms with E-state index in [0.29, 0.717) is 33.3 Å². The van der Waals surface area contributed by atoms with Crippen molar-refractivity contribution in [2.24, 2.45) is 5.10 Å². The van der Waals surface area contributed by atoms with Crippen LogP contribution in [0.1, 0.15) is 27.2 Å². The molecule has 0 atom stereocenters. The van der Waals surface area contributed by atoms with Gasteiger partial charge < -0.3 is 9.84 Å². The first kappa shape index (κ1) is 22.3. The summed E-state index contributed by atoms with van der Waals surface area (Å²) in [6, 6.07) is 24.8. The Bertz CT molecular complexity index is 1300.